The van der Waals surface area contributed by atoms with Crippen LogP contribution in [0.5, 0.6) is 0 Å². The van der Waals surface area contributed by atoms with Crippen LogP contribution in [0.3, 0.4) is 0 Å². The molecule has 0 N–H and O–H groups in total. The summed E-state index contributed by atoms with van der Waals surface area (Å²) in [5, 5.41) is 0. The zero-order valence-electron chi connectivity index (χ0n) is 11.0. The van der Waals surface area contributed by atoms with Crippen LogP contribution in [0.15, 0.2) is 55.2 Å². The van der Waals surface area contributed by atoms with Gasteiger partial charge in [0.25, 0.3) is 0 Å². The van der Waals surface area contributed by atoms with Gasteiger partial charge in [0.05, 0.1) is 0 Å². The molecule has 0 aromatic heterocycles. The summed E-state index contributed by atoms with van der Waals surface area (Å²) in [5.74, 6) is 6.52. The van der Waals surface area contributed by atoms with Crippen LogP contribution in [0.4, 0.5) is 0 Å². The summed E-state index contributed by atoms with van der Waals surface area (Å²) in [6, 6.07) is 6.34. The minimum Gasteiger partial charge on any atom is -0.0949 e. The molecule has 0 aliphatic heterocycles. The molecule has 0 fully saturated rings. The summed E-state index contributed by atoms with van der Waals surface area (Å²) in [6.45, 7) is 8.19. The van der Waals surface area contributed by atoms with Gasteiger partial charge >= 0.3 is 0 Å². The number of fused-ring (bicyclic) bond motifs is 1. The van der Waals surface area contributed by atoms with Crippen LogP contribution in [0, 0.1) is 11.8 Å². The number of hydrogen-bond acceptors (Lipinski definition) is 0. The van der Waals surface area contributed by atoms with Gasteiger partial charge in [-0.25, -0.2) is 0 Å². The number of allylic oxidation sites excluding steroid dienone is 6. The van der Waals surface area contributed by atoms with E-state index in [4.69, 9.17) is 0 Å². The zero-order valence-corrected chi connectivity index (χ0v) is 11.0. The summed E-state index contributed by atoms with van der Waals surface area (Å²) in [7, 11) is 0. The topological polar surface area (TPSA) is 0 Å². The van der Waals surface area contributed by atoms with Crippen molar-refractivity contribution in [1.29, 1.82) is 0 Å². The highest BCUT2D eigenvalue weighted by Crippen LogP contribution is 2.38. The summed E-state index contributed by atoms with van der Waals surface area (Å²) in [4.78, 5) is 0. The average Bonchev–Trinajstić information content (AvgIpc) is 2.73. The highest BCUT2D eigenvalue weighted by atomic mass is 14.2. The normalized spacial score (nSPS) is 16.7. The lowest BCUT2D eigenvalue weighted by Crippen LogP contribution is -1.85. The summed E-state index contributed by atoms with van der Waals surface area (Å²) >= 11 is 0. The molecule has 92 valence electrons. The molecule has 2 aliphatic carbocycles. The lowest BCUT2D eigenvalue weighted by atomic mass is 10.0. The van der Waals surface area contributed by atoms with Crippen molar-refractivity contribution in [3.05, 3.63) is 71.8 Å². The monoisotopic (exact) mass is 244 g/mol. The van der Waals surface area contributed by atoms with Gasteiger partial charge < -0.3 is 0 Å². The van der Waals surface area contributed by atoms with E-state index in [0.717, 1.165) is 30.4 Å². The van der Waals surface area contributed by atoms with Gasteiger partial charge in [0.2, 0.25) is 0 Å². The quantitative estimate of drug-likeness (QED) is 0.578. The second kappa shape index (κ2) is 4.78. The van der Waals surface area contributed by atoms with Crippen molar-refractivity contribution < 1.29 is 0 Å². The van der Waals surface area contributed by atoms with Crippen LogP contribution < -0.4 is 0 Å². The minimum atomic E-state index is 0.891. The van der Waals surface area contributed by atoms with E-state index in [-0.39, 0.29) is 0 Å². The maximum atomic E-state index is 4.11. The van der Waals surface area contributed by atoms with E-state index in [0.29, 0.717) is 0 Å². The van der Waals surface area contributed by atoms with Crippen molar-refractivity contribution in [1.82, 2.24) is 0 Å². The molecule has 0 bridgehead atoms. The SMILES string of the molecule is C=C1CC(=C)c2cc(C#CC3=CC=CCC3)ccc21. The van der Waals surface area contributed by atoms with E-state index in [9.17, 15) is 0 Å². The Morgan fingerprint density at radius 2 is 1.84 bits per heavy atom. The fraction of sp³-hybridized carbons (Fsp3) is 0.158. The highest BCUT2D eigenvalue weighted by Gasteiger charge is 2.17. The Balaban J connectivity index is 1.92. The molecule has 3 rings (SSSR count). The van der Waals surface area contributed by atoms with Crippen LogP contribution >= 0.6 is 0 Å². The van der Waals surface area contributed by atoms with Gasteiger partial charge in [-0.05, 0) is 53.7 Å². The van der Waals surface area contributed by atoms with E-state index in [1.807, 2.05) is 0 Å². The summed E-state index contributed by atoms with van der Waals surface area (Å²) in [6.07, 6.45) is 9.41. The molecule has 1 aromatic rings. The molecule has 19 heavy (non-hydrogen) atoms. The standard InChI is InChI=1S/C19H16/c1-14-12-15(2)19-13-17(10-11-18(14)19)9-8-16-6-4-3-5-7-16/h3-4,6,10-11,13H,1-2,5,7,12H2. The van der Waals surface area contributed by atoms with Gasteiger partial charge in [-0.3, -0.25) is 0 Å². The molecule has 2 aliphatic rings. The van der Waals surface area contributed by atoms with Crippen LogP contribution in [0.2, 0.25) is 0 Å². The Hall–Kier alpha value is -2.26. The van der Waals surface area contributed by atoms with Crippen LogP contribution in [0.1, 0.15) is 36.0 Å². The smallest absolute Gasteiger partial charge is 0.0255 e. The largest absolute Gasteiger partial charge is 0.0949 e. The van der Waals surface area contributed by atoms with Crippen molar-refractivity contribution >= 4 is 11.1 Å². The third kappa shape index (κ3) is 2.33. The van der Waals surface area contributed by atoms with E-state index < -0.39 is 0 Å². The van der Waals surface area contributed by atoms with E-state index in [1.165, 1.54) is 22.3 Å². The molecule has 0 unspecified atom stereocenters. The van der Waals surface area contributed by atoms with Gasteiger partial charge in [0, 0.05) is 11.1 Å². The van der Waals surface area contributed by atoms with E-state index >= 15 is 0 Å². The van der Waals surface area contributed by atoms with Crippen LogP contribution in [-0.4, -0.2) is 0 Å². The second-order valence-corrected chi connectivity index (χ2v) is 5.05. The second-order valence-electron chi connectivity index (χ2n) is 5.05. The fourth-order valence-corrected chi connectivity index (χ4v) is 2.53. The Kier molecular flexibility index (Phi) is 2.97. The highest BCUT2D eigenvalue weighted by molar-refractivity contribution is 5.91. The molecule has 0 spiro atoms. The van der Waals surface area contributed by atoms with Crippen LogP contribution in [0.25, 0.3) is 11.1 Å². The molecular formula is C19H16. The van der Waals surface area contributed by atoms with Gasteiger partial charge in [-0.1, -0.05) is 49.3 Å². The van der Waals surface area contributed by atoms with E-state index in [2.05, 4.69) is 61.4 Å². The third-order valence-corrected chi connectivity index (χ3v) is 3.59. The first kappa shape index (κ1) is 11.8. The van der Waals surface area contributed by atoms with Crippen molar-refractivity contribution in [2.45, 2.75) is 19.3 Å². The minimum absolute atomic E-state index is 0.891. The van der Waals surface area contributed by atoms with Gasteiger partial charge in [-0.15, -0.1) is 0 Å². The molecule has 0 nitrogen and oxygen atoms in total. The first-order valence-electron chi connectivity index (χ1n) is 6.62. The summed E-state index contributed by atoms with van der Waals surface area (Å²) < 4.78 is 0. The maximum Gasteiger partial charge on any atom is 0.0255 e. The van der Waals surface area contributed by atoms with Crippen molar-refractivity contribution in [2.24, 2.45) is 0 Å². The van der Waals surface area contributed by atoms with Crippen molar-refractivity contribution in [2.75, 3.05) is 0 Å². The molecular weight excluding hydrogens is 228 g/mol. The number of benzene rings is 1. The molecule has 0 atom stereocenters. The zero-order chi connectivity index (χ0) is 13.2. The lowest BCUT2D eigenvalue weighted by Gasteiger charge is -2.02. The number of rotatable bonds is 0. The number of hydrogen-bond donors (Lipinski definition) is 0. The van der Waals surface area contributed by atoms with Crippen molar-refractivity contribution in [3.63, 3.8) is 0 Å². The molecule has 0 heterocycles. The summed E-state index contributed by atoms with van der Waals surface area (Å²) in [5.41, 5.74) is 7.05. The fourth-order valence-electron chi connectivity index (χ4n) is 2.53. The maximum absolute atomic E-state index is 4.11. The predicted octanol–water partition coefficient (Wildman–Crippen LogP) is 4.74. The Bertz CT molecular complexity index is 684. The molecule has 0 radical (unpaired) electrons. The molecule has 0 amide bonds. The first-order valence-corrected chi connectivity index (χ1v) is 6.62. The average molecular weight is 244 g/mol. The van der Waals surface area contributed by atoms with E-state index in [1.54, 1.807) is 0 Å². The van der Waals surface area contributed by atoms with Crippen molar-refractivity contribution in [3.8, 4) is 11.8 Å². The first-order chi connectivity index (χ1) is 9.24. The van der Waals surface area contributed by atoms with Gasteiger partial charge in [0.15, 0.2) is 0 Å². The van der Waals surface area contributed by atoms with Crippen LogP contribution in [-0.2, 0) is 0 Å². The Morgan fingerprint density at radius 1 is 1.00 bits per heavy atom. The molecule has 0 saturated carbocycles. The molecule has 1 aromatic carbocycles. The Labute approximate surface area is 114 Å². The lowest BCUT2D eigenvalue weighted by molar-refractivity contribution is 1.000. The third-order valence-electron chi connectivity index (χ3n) is 3.59. The van der Waals surface area contributed by atoms with Gasteiger partial charge in [-0.2, -0.15) is 0 Å². The van der Waals surface area contributed by atoms with Gasteiger partial charge in [0.1, 0.15) is 0 Å². The Morgan fingerprint density at radius 3 is 2.63 bits per heavy atom. The predicted molar refractivity (Wildman–Crippen MR) is 82.5 cm³/mol. The molecule has 0 saturated heterocycles. The molecule has 0 heteroatoms.